The predicted octanol–water partition coefficient (Wildman–Crippen LogP) is 3.87. The van der Waals surface area contributed by atoms with Gasteiger partial charge in [-0.15, -0.1) is 11.3 Å². The summed E-state index contributed by atoms with van der Waals surface area (Å²) in [6.45, 7) is 0.661. The minimum atomic E-state index is -0.0181. The molecule has 2 aromatic heterocycles. The van der Waals surface area contributed by atoms with Crippen molar-refractivity contribution in [2.75, 3.05) is 5.32 Å². The third-order valence-corrected chi connectivity index (χ3v) is 4.47. The van der Waals surface area contributed by atoms with Gasteiger partial charge in [-0.3, -0.25) is 4.79 Å². The van der Waals surface area contributed by atoms with E-state index in [0.717, 1.165) is 25.8 Å². The first-order valence-electron chi connectivity index (χ1n) is 6.22. The summed E-state index contributed by atoms with van der Waals surface area (Å²) in [6, 6.07) is 13.4. The van der Waals surface area contributed by atoms with Crippen LogP contribution in [0, 0.1) is 0 Å². The van der Waals surface area contributed by atoms with Crippen LogP contribution in [0.3, 0.4) is 0 Å². The Morgan fingerprint density at radius 3 is 2.80 bits per heavy atom. The second kappa shape index (κ2) is 5.31. The van der Waals surface area contributed by atoms with Gasteiger partial charge < -0.3 is 9.88 Å². The van der Waals surface area contributed by atoms with Crippen molar-refractivity contribution in [1.29, 1.82) is 0 Å². The first kappa shape index (κ1) is 13.2. The minimum Gasteiger partial charge on any atom is -0.379 e. The first-order valence-corrected chi connectivity index (χ1v) is 7.41. The van der Waals surface area contributed by atoms with Crippen LogP contribution in [-0.2, 0) is 13.6 Å². The summed E-state index contributed by atoms with van der Waals surface area (Å²) in [7, 11) is 1.79. The molecule has 1 aromatic carbocycles. The molecule has 1 N–H and O–H groups in total. The number of nitrogens with zero attached hydrogens (tertiary/aromatic N) is 1. The van der Waals surface area contributed by atoms with E-state index in [1.54, 1.807) is 17.7 Å². The number of para-hydroxylation sites is 1. The van der Waals surface area contributed by atoms with Crippen LogP contribution in [0.1, 0.15) is 4.88 Å². The number of rotatable bonds is 3. The van der Waals surface area contributed by atoms with Crippen LogP contribution in [0.5, 0.6) is 0 Å². The number of benzene rings is 1. The molecule has 0 unspecified atom stereocenters. The van der Waals surface area contributed by atoms with Gasteiger partial charge in [0, 0.05) is 35.6 Å². The van der Waals surface area contributed by atoms with Crippen LogP contribution in [0.4, 0.5) is 5.69 Å². The molecule has 2 heterocycles. The van der Waals surface area contributed by atoms with Crippen LogP contribution in [-0.4, -0.2) is 4.57 Å². The lowest BCUT2D eigenvalue weighted by molar-refractivity contribution is 0.906. The van der Waals surface area contributed by atoms with Crippen molar-refractivity contribution in [3.05, 3.63) is 62.0 Å². The van der Waals surface area contributed by atoms with Crippen LogP contribution >= 0.6 is 22.9 Å². The topological polar surface area (TPSA) is 34.0 Å². The summed E-state index contributed by atoms with van der Waals surface area (Å²) in [5.74, 6) is 0. The fourth-order valence-corrected chi connectivity index (χ4v) is 3.21. The van der Waals surface area contributed by atoms with Gasteiger partial charge in [-0.2, -0.15) is 0 Å². The average Bonchev–Trinajstić information content (AvgIpc) is 2.87. The molecule has 0 saturated heterocycles. The molecule has 0 aliphatic carbocycles. The molecular formula is C15H13ClN2OS. The molecule has 3 nitrogen and oxygen atoms in total. The van der Waals surface area contributed by atoms with Gasteiger partial charge in [-0.05, 0) is 18.2 Å². The number of nitrogens with one attached hydrogen (secondary N) is 1. The smallest absolute Gasteiger partial charge is 0.252 e. The van der Waals surface area contributed by atoms with Crippen LogP contribution < -0.4 is 10.9 Å². The number of halogens is 1. The molecule has 0 atom stereocenters. The Morgan fingerprint density at radius 1 is 1.25 bits per heavy atom. The van der Waals surface area contributed by atoms with Gasteiger partial charge >= 0.3 is 0 Å². The number of anilines is 1. The largest absolute Gasteiger partial charge is 0.379 e. The van der Waals surface area contributed by atoms with Gasteiger partial charge in [0.1, 0.15) is 0 Å². The van der Waals surface area contributed by atoms with Crippen molar-refractivity contribution in [3.63, 3.8) is 0 Å². The molecule has 0 aliphatic heterocycles. The number of aromatic nitrogens is 1. The van der Waals surface area contributed by atoms with E-state index in [-0.39, 0.29) is 5.56 Å². The molecule has 102 valence electrons. The normalized spacial score (nSPS) is 10.9. The van der Waals surface area contributed by atoms with Gasteiger partial charge in [0.05, 0.1) is 9.85 Å². The van der Waals surface area contributed by atoms with Gasteiger partial charge in [0.2, 0.25) is 0 Å². The zero-order chi connectivity index (χ0) is 14.1. The van der Waals surface area contributed by atoms with Crippen LogP contribution in [0.25, 0.3) is 10.9 Å². The maximum Gasteiger partial charge on any atom is 0.252 e. The highest BCUT2D eigenvalue weighted by molar-refractivity contribution is 7.16. The number of pyridine rings is 1. The maximum absolute atomic E-state index is 12.0. The van der Waals surface area contributed by atoms with Crippen molar-refractivity contribution < 1.29 is 0 Å². The van der Waals surface area contributed by atoms with E-state index >= 15 is 0 Å². The quantitative estimate of drug-likeness (QED) is 0.797. The lowest BCUT2D eigenvalue weighted by atomic mass is 10.2. The Kier molecular flexibility index (Phi) is 3.51. The zero-order valence-corrected chi connectivity index (χ0v) is 12.5. The van der Waals surface area contributed by atoms with Gasteiger partial charge in [-0.1, -0.05) is 29.8 Å². The van der Waals surface area contributed by atoms with Crippen molar-refractivity contribution in [3.8, 4) is 0 Å². The lowest BCUT2D eigenvalue weighted by Crippen LogP contribution is -2.17. The molecule has 0 fully saturated rings. The molecule has 20 heavy (non-hydrogen) atoms. The molecule has 0 spiro atoms. The van der Waals surface area contributed by atoms with E-state index in [2.05, 4.69) is 5.32 Å². The number of hydrogen-bond acceptors (Lipinski definition) is 3. The molecule has 0 aliphatic rings. The van der Waals surface area contributed by atoms with E-state index in [4.69, 9.17) is 11.6 Å². The summed E-state index contributed by atoms with van der Waals surface area (Å²) < 4.78 is 2.43. The summed E-state index contributed by atoms with van der Waals surface area (Å²) >= 11 is 7.46. The second-order valence-electron chi connectivity index (χ2n) is 4.53. The number of hydrogen-bond donors (Lipinski definition) is 1. The molecular weight excluding hydrogens is 292 g/mol. The Labute approximate surface area is 125 Å². The van der Waals surface area contributed by atoms with E-state index < -0.39 is 0 Å². The number of thiophene rings is 1. The predicted molar refractivity (Wildman–Crippen MR) is 85.8 cm³/mol. The molecule has 0 saturated carbocycles. The Hall–Kier alpha value is -1.78. The monoisotopic (exact) mass is 304 g/mol. The first-order chi connectivity index (χ1) is 9.65. The number of fused-ring (bicyclic) bond motifs is 1. The molecule has 3 aromatic rings. The summed E-state index contributed by atoms with van der Waals surface area (Å²) in [4.78, 5) is 13.1. The third-order valence-electron chi connectivity index (χ3n) is 3.24. The Morgan fingerprint density at radius 2 is 2.05 bits per heavy atom. The Balaban J connectivity index is 1.99. The van der Waals surface area contributed by atoms with Crippen molar-refractivity contribution in [2.45, 2.75) is 6.54 Å². The van der Waals surface area contributed by atoms with Crippen LogP contribution in [0.2, 0.25) is 4.34 Å². The van der Waals surface area contributed by atoms with E-state index in [1.165, 1.54) is 11.3 Å². The fourth-order valence-electron chi connectivity index (χ4n) is 2.19. The van der Waals surface area contributed by atoms with Gasteiger partial charge in [0.25, 0.3) is 5.56 Å². The minimum absolute atomic E-state index is 0.0181. The summed E-state index contributed by atoms with van der Waals surface area (Å²) in [5.41, 5.74) is 1.76. The Bertz CT molecular complexity index is 822. The fraction of sp³-hybridized carbons (Fsp3) is 0.133. The van der Waals surface area contributed by atoms with Crippen molar-refractivity contribution in [2.24, 2.45) is 7.05 Å². The lowest BCUT2D eigenvalue weighted by Gasteiger charge is -2.11. The highest BCUT2D eigenvalue weighted by Gasteiger charge is 2.06. The molecule has 0 bridgehead atoms. The molecule has 0 radical (unpaired) electrons. The number of aryl methyl sites for hydroxylation is 1. The molecule has 0 amide bonds. The SMILES string of the molecule is Cn1c(=O)cc(NCc2ccc(Cl)s2)c2ccccc21. The summed E-state index contributed by atoms with van der Waals surface area (Å²) in [6.07, 6.45) is 0. The second-order valence-corrected chi connectivity index (χ2v) is 6.33. The standard InChI is InChI=1S/C15H13ClN2OS/c1-18-13-5-3-2-4-11(13)12(8-15(18)19)17-9-10-6-7-14(16)20-10/h2-8,17H,9H2,1H3. The van der Waals surface area contributed by atoms with Crippen LogP contribution in [0.15, 0.2) is 47.3 Å². The van der Waals surface area contributed by atoms with Gasteiger partial charge in [-0.25, -0.2) is 0 Å². The van der Waals surface area contributed by atoms with Crippen molar-refractivity contribution >= 4 is 39.5 Å². The third kappa shape index (κ3) is 2.44. The maximum atomic E-state index is 12.0. The van der Waals surface area contributed by atoms with E-state index in [9.17, 15) is 4.79 Å². The molecule has 3 rings (SSSR count). The zero-order valence-electron chi connectivity index (χ0n) is 10.9. The van der Waals surface area contributed by atoms with Crippen molar-refractivity contribution in [1.82, 2.24) is 4.57 Å². The molecule has 5 heteroatoms. The highest BCUT2D eigenvalue weighted by atomic mass is 35.5. The van der Waals surface area contributed by atoms with E-state index in [0.29, 0.717) is 6.54 Å². The highest BCUT2D eigenvalue weighted by Crippen LogP contribution is 2.24. The summed E-state index contributed by atoms with van der Waals surface area (Å²) in [5, 5.41) is 4.36. The van der Waals surface area contributed by atoms with E-state index in [1.807, 2.05) is 36.4 Å². The van der Waals surface area contributed by atoms with Gasteiger partial charge in [0.15, 0.2) is 0 Å². The average molecular weight is 305 g/mol.